The number of nitrogens with two attached hydrogens (primary N) is 1. The topological polar surface area (TPSA) is 122 Å². The maximum Gasteiger partial charge on any atom is 0.412 e. The lowest BCUT2D eigenvalue weighted by Crippen LogP contribution is -2.46. The van der Waals surface area contributed by atoms with Gasteiger partial charge in [0.25, 0.3) is 0 Å². The van der Waals surface area contributed by atoms with E-state index in [-0.39, 0.29) is 18.2 Å². The number of halogens is 2. The monoisotopic (exact) mass is 488 g/mol. The summed E-state index contributed by atoms with van der Waals surface area (Å²) in [6.45, 7) is 0.425. The van der Waals surface area contributed by atoms with Crippen molar-refractivity contribution in [3.8, 4) is 0 Å². The first kappa shape index (κ1) is 25.1. The lowest BCUT2D eigenvalue weighted by atomic mass is 10.1. The average Bonchev–Trinajstić information content (AvgIpc) is 2.84. The fourth-order valence-corrected chi connectivity index (χ4v) is 3.44. The third-order valence-electron chi connectivity index (χ3n) is 5.23. The van der Waals surface area contributed by atoms with Crippen molar-refractivity contribution in [2.24, 2.45) is 5.73 Å². The molecule has 0 unspecified atom stereocenters. The van der Waals surface area contributed by atoms with Crippen LogP contribution in [0.2, 0.25) is 5.02 Å². The SMILES string of the molecule is CN(C(=O)NCc1cccc(F)c1Cl)[C@H](CCCN)COC(=O)Nc1cc2ccncc2cn1. The van der Waals surface area contributed by atoms with E-state index in [0.29, 0.717) is 30.8 Å². The molecule has 2 aromatic heterocycles. The Morgan fingerprint density at radius 3 is 2.88 bits per heavy atom. The van der Waals surface area contributed by atoms with Crippen LogP contribution in [0.25, 0.3) is 10.8 Å². The number of hydrogen-bond donors (Lipinski definition) is 3. The Hall–Kier alpha value is -3.50. The van der Waals surface area contributed by atoms with Crippen LogP contribution >= 0.6 is 11.6 Å². The molecule has 3 amide bonds. The number of likely N-dealkylation sites (N-methyl/N-ethyl adjacent to an activating group) is 1. The van der Waals surface area contributed by atoms with Gasteiger partial charge >= 0.3 is 12.1 Å². The average molecular weight is 489 g/mol. The second-order valence-corrected chi connectivity index (χ2v) is 7.96. The number of urea groups is 1. The van der Waals surface area contributed by atoms with Crippen molar-refractivity contribution in [1.82, 2.24) is 20.2 Å². The van der Waals surface area contributed by atoms with Crippen molar-refractivity contribution >= 4 is 40.3 Å². The lowest BCUT2D eigenvalue weighted by molar-refractivity contribution is 0.113. The summed E-state index contributed by atoms with van der Waals surface area (Å²) in [5, 5.41) is 6.96. The zero-order valence-corrected chi connectivity index (χ0v) is 19.4. The number of carbonyl (C=O) groups excluding carboxylic acids is 2. The standard InChI is InChI=1S/C23H26ClFN6O3/c1-31(22(32)29-12-16-4-2-6-19(25)21(16)24)18(5-3-8-26)14-34-23(33)30-20-10-15-7-9-27-11-17(15)13-28-20/h2,4,6-7,9-11,13,18H,3,5,8,12,14,26H2,1H3,(H,29,32)(H,28,30,33)/t18-/m1/s1. The van der Waals surface area contributed by atoms with Gasteiger partial charge in [-0.05, 0) is 48.5 Å². The molecule has 11 heteroatoms. The van der Waals surface area contributed by atoms with Gasteiger partial charge in [0.15, 0.2) is 0 Å². The van der Waals surface area contributed by atoms with Gasteiger partial charge in [-0.3, -0.25) is 10.3 Å². The number of rotatable bonds is 9. The molecule has 0 aliphatic rings. The Morgan fingerprint density at radius 2 is 2.09 bits per heavy atom. The van der Waals surface area contributed by atoms with Crippen LogP contribution in [0.5, 0.6) is 0 Å². The molecule has 4 N–H and O–H groups in total. The minimum absolute atomic E-state index is 0.0382. The smallest absolute Gasteiger partial charge is 0.412 e. The van der Waals surface area contributed by atoms with Gasteiger partial charge in [0.1, 0.15) is 18.2 Å². The molecule has 0 saturated carbocycles. The number of benzene rings is 1. The number of ether oxygens (including phenoxy) is 1. The van der Waals surface area contributed by atoms with Crippen molar-refractivity contribution in [1.29, 1.82) is 0 Å². The summed E-state index contributed by atoms with van der Waals surface area (Å²) in [5.74, 6) is -0.222. The molecule has 0 saturated heterocycles. The maximum absolute atomic E-state index is 13.6. The summed E-state index contributed by atoms with van der Waals surface area (Å²) in [7, 11) is 1.59. The van der Waals surface area contributed by atoms with Crippen molar-refractivity contribution in [2.45, 2.75) is 25.4 Å². The van der Waals surface area contributed by atoms with Crippen LogP contribution in [-0.2, 0) is 11.3 Å². The molecule has 3 rings (SSSR count). The third-order valence-corrected chi connectivity index (χ3v) is 5.65. The fraction of sp³-hybridized carbons (Fsp3) is 0.304. The predicted molar refractivity (Wildman–Crippen MR) is 128 cm³/mol. The zero-order valence-electron chi connectivity index (χ0n) is 18.6. The minimum Gasteiger partial charge on any atom is -0.447 e. The van der Waals surface area contributed by atoms with Crippen LogP contribution in [0.4, 0.5) is 19.8 Å². The highest BCUT2D eigenvalue weighted by Crippen LogP contribution is 2.19. The first-order valence-corrected chi connectivity index (χ1v) is 11.0. The molecule has 0 aliphatic carbocycles. The van der Waals surface area contributed by atoms with Gasteiger partial charge in [-0.25, -0.2) is 19.0 Å². The normalized spacial score (nSPS) is 11.6. The molecule has 0 radical (unpaired) electrons. The number of fused-ring (bicyclic) bond motifs is 1. The van der Waals surface area contributed by atoms with Crippen LogP contribution in [0.1, 0.15) is 18.4 Å². The summed E-state index contributed by atoms with van der Waals surface area (Å²) in [5.41, 5.74) is 6.07. The number of aromatic nitrogens is 2. The third kappa shape index (κ3) is 6.75. The molecule has 34 heavy (non-hydrogen) atoms. The van der Waals surface area contributed by atoms with Crippen LogP contribution < -0.4 is 16.4 Å². The van der Waals surface area contributed by atoms with Gasteiger partial charge in [0.05, 0.1) is 11.1 Å². The molecule has 2 heterocycles. The number of nitrogens with zero attached hydrogens (tertiary/aromatic N) is 3. The first-order valence-electron chi connectivity index (χ1n) is 10.7. The van der Waals surface area contributed by atoms with Crippen molar-refractivity contribution in [2.75, 3.05) is 25.5 Å². The van der Waals surface area contributed by atoms with Gasteiger partial charge < -0.3 is 20.7 Å². The molecule has 9 nitrogen and oxygen atoms in total. The van der Waals surface area contributed by atoms with Crippen LogP contribution in [0, 0.1) is 5.82 Å². The number of anilines is 1. The van der Waals surface area contributed by atoms with E-state index in [2.05, 4.69) is 20.6 Å². The van der Waals surface area contributed by atoms with Crippen molar-refractivity contribution in [3.63, 3.8) is 0 Å². The van der Waals surface area contributed by atoms with Crippen molar-refractivity contribution < 1.29 is 18.7 Å². The first-order chi connectivity index (χ1) is 16.4. The van der Waals surface area contributed by atoms with E-state index in [1.807, 2.05) is 0 Å². The van der Waals surface area contributed by atoms with E-state index < -0.39 is 24.0 Å². The number of pyridine rings is 2. The Morgan fingerprint density at radius 1 is 1.26 bits per heavy atom. The highest BCUT2D eigenvalue weighted by molar-refractivity contribution is 6.31. The second kappa shape index (κ2) is 12.1. The van der Waals surface area contributed by atoms with Gasteiger partial charge in [-0.1, -0.05) is 23.7 Å². The minimum atomic E-state index is -0.695. The maximum atomic E-state index is 13.6. The summed E-state index contributed by atoms with van der Waals surface area (Å²) >= 11 is 5.94. The van der Waals surface area contributed by atoms with Crippen molar-refractivity contribution in [3.05, 3.63) is 65.3 Å². The predicted octanol–water partition coefficient (Wildman–Crippen LogP) is 3.92. The summed E-state index contributed by atoms with van der Waals surface area (Å²) < 4.78 is 19.0. The molecule has 0 bridgehead atoms. The van der Waals surface area contributed by atoms with E-state index in [4.69, 9.17) is 22.1 Å². The summed E-state index contributed by atoms with van der Waals surface area (Å²) in [6, 6.07) is 7.06. The Bertz CT molecular complexity index is 1150. The van der Waals surface area contributed by atoms with Gasteiger partial charge in [0, 0.05) is 37.6 Å². The van der Waals surface area contributed by atoms with E-state index in [9.17, 15) is 14.0 Å². The van der Waals surface area contributed by atoms with Gasteiger partial charge in [0.2, 0.25) is 0 Å². The van der Waals surface area contributed by atoms with Gasteiger partial charge in [-0.15, -0.1) is 0 Å². The lowest BCUT2D eigenvalue weighted by Gasteiger charge is -2.28. The molecule has 180 valence electrons. The second-order valence-electron chi connectivity index (χ2n) is 7.58. The Balaban J connectivity index is 1.56. The molecule has 0 aliphatic heterocycles. The number of hydrogen-bond acceptors (Lipinski definition) is 6. The summed E-state index contributed by atoms with van der Waals surface area (Å²) in [6.07, 6.45) is 5.38. The molecular weight excluding hydrogens is 463 g/mol. The van der Waals surface area contributed by atoms with E-state index in [1.165, 1.54) is 17.0 Å². The van der Waals surface area contributed by atoms with Crippen LogP contribution in [0.15, 0.2) is 48.9 Å². The highest BCUT2D eigenvalue weighted by Gasteiger charge is 2.22. The van der Waals surface area contributed by atoms with Gasteiger partial charge in [-0.2, -0.15) is 0 Å². The largest absolute Gasteiger partial charge is 0.447 e. The highest BCUT2D eigenvalue weighted by atomic mass is 35.5. The number of amides is 3. The van der Waals surface area contributed by atoms with E-state index >= 15 is 0 Å². The van der Waals surface area contributed by atoms with Crippen LogP contribution in [-0.4, -0.2) is 53.2 Å². The molecule has 0 fully saturated rings. The fourth-order valence-electron chi connectivity index (χ4n) is 3.25. The van der Waals surface area contributed by atoms with E-state index in [1.54, 1.807) is 43.8 Å². The molecular formula is C23H26ClFN6O3. The summed E-state index contributed by atoms with van der Waals surface area (Å²) in [4.78, 5) is 34.6. The zero-order chi connectivity index (χ0) is 24.5. The van der Waals surface area contributed by atoms with E-state index in [0.717, 1.165) is 10.8 Å². The molecule has 1 aromatic carbocycles. The number of nitrogens with one attached hydrogen (secondary N) is 2. The van der Waals surface area contributed by atoms with Crippen LogP contribution in [0.3, 0.4) is 0 Å². The molecule has 3 aromatic rings. The Kier molecular flexibility index (Phi) is 8.94. The molecule has 0 spiro atoms. The number of carbonyl (C=O) groups is 2. The Labute approximate surface area is 201 Å². The quantitative estimate of drug-likeness (QED) is 0.419. The molecule has 1 atom stereocenters.